The minimum absolute atomic E-state index is 0.132. The van der Waals surface area contributed by atoms with Crippen molar-refractivity contribution >= 4 is 39.0 Å². The van der Waals surface area contributed by atoms with Gasteiger partial charge in [0.1, 0.15) is 23.5 Å². The van der Waals surface area contributed by atoms with Crippen molar-refractivity contribution in [3.05, 3.63) is 88.1 Å². The Labute approximate surface area is 236 Å². The van der Waals surface area contributed by atoms with Gasteiger partial charge in [-0.15, -0.1) is 0 Å². The van der Waals surface area contributed by atoms with Gasteiger partial charge in [0.15, 0.2) is 0 Å². The molecule has 1 amide bonds. The molecule has 1 heterocycles. The van der Waals surface area contributed by atoms with Gasteiger partial charge in [0.25, 0.3) is 0 Å². The van der Waals surface area contributed by atoms with E-state index in [1.165, 1.54) is 0 Å². The molecule has 1 N–H and O–H groups in total. The number of esters is 1. The van der Waals surface area contributed by atoms with Gasteiger partial charge in [0, 0.05) is 27.5 Å². The van der Waals surface area contributed by atoms with Crippen LogP contribution in [0.4, 0.5) is 4.79 Å². The minimum atomic E-state index is -0.561. The summed E-state index contributed by atoms with van der Waals surface area (Å²) in [5.74, 6) is 0.314. The van der Waals surface area contributed by atoms with Crippen molar-refractivity contribution in [1.29, 1.82) is 0 Å². The molecule has 1 aromatic heterocycles. The third-order valence-electron chi connectivity index (χ3n) is 5.75. The number of ether oxygens (including phenoxy) is 3. The zero-order chi connectivity index (χ0) is 28.0. The van der Waals surface area contributed by atoms with E-state index in [4.69, 9.17) is 18.6 Å². The maximum absolute atomic E-state index is 12.1. The number of carbonyl (C=O) groups excluding carboxylic acids is 2. The van der Waals surface area contributed by atoms with Crippen LogP contribution < -0.4 is 10.1 Å². The zero-order valence-corrected chi connectivity index (χ0v) is 24.1. The van der Waals surface area contributed by atoms with Crippen LogP contribution in [0.15, 0.2) is 75.8 Å². The average molecular weight is 595 g/mol. The van der Waals surface area contributed by atoms with Gasteiger partial charge in [-0.25, -0.2) is 4.79 Å². The highest BCUT2D eigenvalue weighted by Gasteiger charge is 2.17. The number of benzene rings is 3. The zero-order valence-electron chi connectivity index (χ0n) is 22.5. The Kier molecular flexibility index (Phi) is 8.97. The summed E-state index contributed by atoms with van der Waals surface area (Å²) in [5, 5.41) is 3.75. The average Bonchev–Trinajstić information content (AvgIpc) is 3.35. The topological polar surface area (TPSA) is 87.0 Å². The van der Waals surface area contributed by atoms with Crippen LogP contribution in [0.1, 0.15) is 44.4 Å². The van der Waals surface area contributed by atoms with E-state index in [-0.39, 0.29) is 12.4 Å². The Hall–Kier alpha value is -3.78. The Morgan fingerprint density at radius 2 is 1.82 bits per heavy atom. The van der Waals surface area contributed by atoms with Crippen molar-refractivity contribution in [1.82, 2.24) is 5.32 Å². The molecule has 0 aliphatic heterocycles. The SMILES string of the molecule is CCOC(=O)Cc1ccc(Br)cc1OCc1cc(-c2cccc(CNC(=O)OC(C)(C)C)c2)c2occc2c1. The highest BCUT2D eigenvalue weighted by atomic mass is 79.9. The molecule has 0 bridgehead atoms. The first-order valence-corrected chi connectivity index (χ1v) is 13.5. The van der Waals surface area contributed by atoms with Crippen molar-refractivity contribution in [2.45, 2.75) is 52.9 Å². The first-order valence-electron chi connectivity index (χ1n) is 12.7. The highest BCUT2D eigenvalue weighted by molar-refractivity contribution is 9.10. The summed E-state index contributed by atoms with van der Waals surface area (Å²) in [6.45, 7) is 8.23. The summed E-state index contributed by atoms with van der Waals surface area (Å²) >= 11 is 3.49. The molecule has 3 aromatic carbocycles. The molecule has 39 heavy (non-hydrogen) atoms. The Balaban J connectivity index is 1.55. The molecule has 204 valence electrons. The fourth-order valence-electron chi connectivity index (χ4n) is 4.12. The molecule has 4 aromatic rings. The van der Waals surface area contributed by atoms with Crippen LogP contribution in [0.2, 0.25) is 0 Å². The summed E-state index contributed by atoms with van der Waals surface area (Å²) < 4.78 is 23.3. The summed E-state index contributed by atoms with van der Waals surface area (Å²) in [6.07, 6.45) is 1.33. The van der Waals surface area contributed by atoms with Gasteiger partial charge >= 0.3 is 12.1 Å². The maximum Gasteiger partial charge on any atom is 0.407 e. The molecule has 0 fully saturated rings. The first-order chi connectivity index (χ1) is 18.6. The number of nitrogens with one attached hydrogen (secondary N) is 1. The molecule has 0 unspecified atom stereocenters. The molecular formula is C31H32BrNO6. The van der Waals surface area contributed by atoms with E-state index in [1.54, 1.807) is 13.2 Å². The monoisotopic (exact) mass is 593 g/mol. The van der Waals surface area contributed by atoms with Crippen LogP contribution in [0.25, 0.3) is 22.1 Å². The predicted molar refractivity (Wildman–Crippen MR) is 154 cm³/mol. The van der Waals surface area contributed by atoms with Gasteiger partial charge in [0.2, 0.25) is 0 Å². The van der Waals surface area contributed by atoms with E-state index in [9.17, 15) is 9.59 Å². The van der Waals surface area contributed by atoms with Gasteiger partial charge in [0.05, 0.1) is 19.3 Å². The summed E-state index contributed by atoms with van der Waals surface area (Å²) in [6, 6.07) is 19.5. The smallest absolute Gasteiger partial charge is 0.407 e. The Morgan fingerprint density at radius 1 is 1.00 bits per heavy atom. The summed E-state index contributed by atoms with van der Waals surface area (Å²) in [4.78, 5) is 24.2. The fourth-order valence-corrected chi connectivity index (χ4v) is 4.46. The fraction of sp³-hybridized carbons (Fsp3) is 0.290. The summed E-state index contributed by atoms with van der Waals surface area (Å²) in [5.41, 5.74) is 4.69. The van der Waals surface area contributed by atoms with E-state index in [0.717, 1.165) is 43.3 Å². The number of rotatable bonds is 9. The molecule has 7 nitrogen and oxygen atoms in total. The molecule has 0 aliphatic carbocycles. The third kappa shape index (κ3) is 7.86. The van der Waals surface area contributed by atoms with Crippen LogP contribution in [-0.2, 0) is 33.8 Å². The van der Waals surface area contributed by atoms with E-state index in [1.807, 2.05) is 81.4 Å². The number of hydrogen-bond donors (Lipinski definition) is 1. The number of hydrogen-bond acceptors (Lipinski definition) is 6. The number of fused-ring (bicyclic) bond motifs is 1. The molecule has 4 rings (SSSR count). The van der Waals surface area contributed by atoms with Crippen molar-refractivity contribution in [2.24, 2.45) is 0 Å². The maximum atomic E-state index is 12.1. The number of carbonyl (C=O) groups is 2. The molecular weight excluding hydrogens is 562 g/mol. The van der Waals surface area contributed by atoms with Gasteiger partial charge < -0.3 is 23.9 Å². The van der Waals surface area contributed by atoms with Crippen LogP contribution in [-0.4, -0.2) is 24.3 Å². The largest absolute Gasteiger partial charge is 0.489 e. The van der Waals surface area contributed by atoms with Crippen LogP contribution >= 0.6 is 15.9 Å². The molecule has 0 radical (unpaired) electrons. The van der Waals surface area contributed by atoms with E-state index in [2.05, 4.69) is 21.2 Å². The second-order valence-electron chi connectivity index (χ2n) is 10.1. The number of furan rings is 1. The lowest BCUT2D eigenvalue weighted by atomic mass is 9.99. The quantitative estimate of drug-likeness (QED) is 0.201. The Bertz CT molecular complexity index is 1470. The molecule has 8 heteroatoms. The van der Waals surface area contributed by atoms with Crippen molar-refractivity contribution < 1.29 is 28.2 Å². The van der Waals surface area contributed by atoms with Gasteiger partial charge in [-0.1, -0.05) is 40.2 Å². The van der Waals surface area contributed by atoms with Crippen molar-refractivity contribution in [2.75, 3.05) is 6.61 Å². The standard InChI is InChI=1S/C31H32BrNO6/c1-5-36-28(34)16-23-9-10-25(32)17-27(23)38-19-21-14-24-11-12-37-29(24)26(15-21)22-8-6-7-20(13-22)18-33-30(35)39-31(2,3)4/h6-15,17H,5,16,18-19H2,1-4H3,(H,33,35). The lowest BCUT2D eigenvalue weighted by Crippen LogP contribution is -2.32. The number of alkyl carbamates (subject to hydrolysis) is 1. The van der Waals surface area contributed by atoms with Crippen molar-refractivity contribution in [3.63, 3.8) is 0 Å². The van der Waals surface area contributed by atoms with Gasteiger partial charge in [-0.05, 0) is 80.8 Å². The van der Waals surface area contributed by atoms with E-state index in [0.29, 0.717) is 25.5 Å². The molecule has 0 atom stereocenters. The molecule has 0 saturated heterocycles. The molecule has 0 saturated carbocycles. The normalized spacial score (nSPS) is 11.3. The lowest BCUT2D eigenvalue weighted by Gasteiger charge is -2.19. The van der Waals surface area contributed by atoms with E-state index >= 15 is 0 Å². The van der Waals surface area contributed by atoms with Crippen LogP contribution in [0.3, 0.4) is 0 Å². The first kappa shape index (κ1) is 28.2. The predicted octanol–water partition coefficient (Wildman–Crippen LogP) is 7.57. The molecule has 0 aliphatic rings. The second kappa shape index (κ2) is 12.4. The van der Waals surface area contributed by atoms with Crippen LogP contribution in [0.5, 0.6) is 5.75 Å². The highest BCUT2D eigenvalue weighted by Crippen LogP contribution is 2.33. The number of halogens is 1. The molecule has 0 spiro atoms. The minimum Gasteiger partial charge on any atom is -0.489 e. The van der Waals surface area contributed by atoms with Gasteiger partial charge in [-0.3, -0.25) is 4.79 Å². The summed E-state index contributed by atoms with van der Waals surface area (Å²) in [7, 11) is 0. The van der Waals surface area contributed by atoms with Crippen molar-refractivity contribution in [3.8, 4) is 16.9 Å². The third-order valence-corrected chi connectivity index (χ3v) is 6.24. The Morgan fingerprint density at radius 3 is 2.59 bits per heavy atom. The van der Waals surface area contributed by atoms with Gasteiger partial charge in [-0.2, -0.15) is 0 Å². The lowest BCUT2D eigenvalue weighted by molar-refractivity contribution is -0.142. The number of amides is 1. The van der Waals surface area contributed by atoms with Crippen LogP contribution in [0, 0.1) is 0 Å². The second-order valence-corrected chi connectivity index (χ2v) is 11.0. The van der Waals surface area contributed by atoms with E-state index < -0.39 is 11.7 Å².